The van der Waals surface area contributed by atoms with Gasteiger partial charge in [0, 0.05) is 24.3 Å². The molecule has 100 valence electrons. The number of rotatable bonds is 5. The first kappa shape index (κ1) is 14.0. The van der Waals surface area contributed by atoms with Crippen LogP contribution in [-0.4, -0.2) is 18.6 Å². The molecule has 19 heavy (non-hydrogen) atoms. The van der Waals surface area contributed by atoms with Gasteiger partial charge in [0.1, 0.15) is 5.82 Å². The molecule has 1 aromatic carbocycles. The van der Waals surface area contributed by atoms with Gasteiger partial charge in [-0.05, 0) is 42.3 Å². The Morgan fingerprint density at radius 1 is 1.26 bits per heavy atom. The molecule has 0 saturated carbocycles. The number of pyridine rings is 1. The van der Waals surface area contributed by atoms with Crippen LogP contribution in [-0.2, 0) is 13.0 Å². The minimum Gasteiger partial charge on any atom is -0.355 e. The first-order valence-corrected chi connectivity index (χ1v) is 7.09. The lowest BCUT2D eigenvalue weighted by Crippen LogP contribution is -2.20. The average Bonchev–Trinajstić information content (AvgIpc) is 2.39. The van der Waals surface area contributed by atoms with E-state index in [1.165, 1.54) is 11.1 Å². The number of hydrogen-bond acceptors (Lipinski definition) is 3. The molecule has 0 aliphatic heterocycles. The summed E-state index contributed by atoms with van der Waals surface area (Å²) in [6.07, 6.45) is 2.68. The number of nitrogens with zero attached hydrogens (tertiary/aromatic N) is 2. The third kappa shape index (κ3) is 3.78. The van der Waals surface area contributed by atoms with Crippen LogP contribution in [0.1, 0.15) is 11.1 Å². The highest BCUT2D eigenvalue weighted by Crippen LogP contribution is 2.19. The van der Waals surface area contributed by atoms with Crippen LogP contribution < -0.4 is 10.6 Å². The van der Waals surface area contributed by atoms with E-state index in [9.17, 15) is 0 Å². The molecule has 1 aromatic heterocycles. The summed E-state index contributed by atoms with van der Waals surface area (Å²) in [5.41, 5.74) is 8.10. The molecule has 0 fully saturated rings. The molecule has 3 nitrogen and oxygen atoms in total. The summed E-state index contributed by atoms with van der Waals surface area (Å²) in [5.74, 6) is 1.01. The van der Waals surface area contributed by atoms with Crippen molar-refractivity contribution in [1.82, 2.24) is 4.98 Å². The molecule has 0 amide bonds. The van der Waals surface area contributed by atoms with Crippen LogP contribution in [0, 0.1) is 0 Å². The molecule has 4 heteroatoms. The highest BCUT2D eigenvalue weighted by molar-refractivity contribution is 9.10. The summed E-state index contributed by atoms with van der Waals surface area (Å²) in [6, 6.07) is 12.4. The maximum absolute atomic E-state index is 5.65. The second-order valence-electron chi connectivity index (χ2n) is 4.51. The zero-order chi connectivity index (χ0) is 13.7. The molecule has 0 aliphatic carbocycles. The Morgan fingerprint density at radius 2 is 2.11 bits per heavy atom. The highest BCUT2D eigenvalue weighted by Gasteiger charge is 2.08. The van der Waals surface area contributed by atoms with Gasteiger partial charge in [0.05, 0.1) is 0 Å². The van der Waals surface area contributed by atoms with Crippen LogP contribution >= 0.6 is 15.9 Å². The van der Waals surface area contributed by atoms with Crippen LogP contribution in [0.2, 0.25) is 0 Å². The second-order valence-corrected chi connectivity index (χ2v) is 5.43. The van der Waals surface area contributed by atoms with Crippen LogP contribution in [0.5, 0.6) is 0 Å². The van der Waals surface area contributed by atoms with Crippen LogP contribution in [0.3, 0.4) is 0 Å². The van der Waals surface area contributed by atoms with Gasteiger partial charge in [-0.2, -0.15) is 0 Å². The Balaban J connectivity index is 2.17. The lowest BCUT2D eigenvalue weighted by atomic mass is 10.1. The van der Waals surface area contributed by atoms with Gasteiger partial charge in [-0.25, -0.2) is 4.98 Å². The molecule has 2 rings (SSSR count). The Kier molecular flexibility index (Phi) is 4.93. The average molecular weight is 320 g/mol. The summed E-state index contributed by atoms with van der Waals surface area (Å²) in [7, 11) is 2.06. The van der Waals surface area contributed by atoms with Crippen molar-refractivity contribution in [2.24, 2.45) is 5.73 Å². The lowest BCUT2D eigenvalue weighted by molar-refractivity contribution is 0.866. The van der Waals surface area contributed by atoms with Crippen molar-refractivity contribution in [2.75, 3.05) is 18.5 Å². The van der Waals surface area contributed by atoms with E-state index in [-0.39, 0.29) is 0 Å². The van der Waals surface area contributed by atoms with E-state index in [2.05, 4.69) is 51.1 Å². The van der Waals surface area contributed by atoms with Gasteiger partial charge in [-0.1, -0.05) is 34.1 Å². The second kappa shape index (κ2) is 6.68. The third-order valence-corrected chi connectivity index (χ3v) is 3.44. The quantitative estimate of drug-likeness (QED) is 0.921. The van der Waals surface area contributed by atoms with Crippen LogP contribution in [0.4, 0.5) is 5.82 Å². The van der Waals surface area contributed by atoms with Gasteiger partial charge in [-0.3, -0.25) is 0 Å². The van der Waals surface area contributed by atoms with Crippen molar-refractivity contribution >= 4 is 21.7 Å². The first-order chi connectivity index (χ1) is 9.20. The molecule has 2 N–H and O–H groups in total. The fourth-order valence-corrected chi connectivity index (χ4v) is 2.56. The molecule has 0 saturated heterocycles. The van der Waals surface area contributed by atoms with Crippen LogP contribution in [0.15, 0.2) is 47.1 Å². The van der Waals surface area contributed by atoms with Crippen molar-refractivity contribution in [3.8, 4) is 0 Å². The summed E-state index contributed by atoms with van der Waals surface area (Å²) < 4.78 is 1.10. The Morgan fingerprint density at radius 3 is 2.84 bits per heavy atom. The van der Waals surface area contributed by atoms with Gasteiger partial charge < -0.3 is 10.6 Å². The van der Waals surface area contributed by atoms with Crippen molar-refractivity contribution < 1.29 is 0 Å². The maximum Gasteiger partial charge on any atom is 0.131 e. The molecule has 2 aromatic rings. The summed E-state index contributed by atoms with van der Waals surface area (Å²) >= 11 is 3.50. The summed E-state index contributed by atoms with van der Waals surface area (Å²) in [6.45, 7) is 1.47. The van der Waals surface area contributed by atoms with Crippen LogP contribution in [0.25, 0.3) is 0 Å². The fourth-order valence-electron chi connectivity index (χ4n) is 2.11. The zero-order valence-electron chi connectivity index (χ0n) is 11.0. The number of aromatic nitrogens is 1. The van der Waals surface area contributed by atoms with E-state index in [1.807, 2.05) is 24.4 Å². The molecule has 0 aliphatic rings. The molecular formula is C15H18BrN3. The number of anilines is 1. The molecule has 1 heterocycles. The van der Waals surface area contributed by atoms with Gasteiger partial charge in [0.2, 0.25) is 0 Å². The molecule has 0 atom stereocenters. The van der Waals surface area contributed by atoms with E-state index in [0.717, 1.165) is 23.3 Å². The monoisotopic (exact) mass is 319 g/mol. The van der Waals surface area contributed by atoms with Gasteiger partial charge in [-0.15, -0.1) is 0 Å². The Hall–Kier alpha value is -1.39. The van der Waals surface area contributed by atoms with Crippen molar-refractivity contribution in [1.29, 1.82) is 0 Å². The molecule has 0 bridgehead atoms. The normalized spacial score (nSPS) is 10.5. The minimum absolute atomic E-state index is 0.642. The Bertz CT molecular complexity index is 542. The van der Waals surface area contributed by atoms with E-state index < -0.39 is 0 Å². The van der Waals surface area contributed by atoms with Crippen molar-refractivity contribution in [3.05, 3.63) is 58.2 Å². The zero-order valence-corrected chi connectivity index (χ0v) is 12.6. The Labute approximate surface area is 122 Å². The maximum atomic E-state index is 5.65. The SMILES string of the molecule is CN(Cc1cccc(Br)c1)c1ncccc1CCN. The smallest absolute Gasteiger partial charge is 0.131 e. The van der Waals surface area contributed by atoms with Crippen molar-refractivity contribution in [2.45, 2.75) is 13.0 Å². The number of hydrogen-bond donors (Lipinski definition) is 1. The largest absolute Gasteiger partial charge is 0.355 e. The number of nitrogens with two attached hydrogens (primary N) is 1. The van der Waals surface area contributed by atoms with E-state index >= 15 is 0 Å². The third-order valence-electron chi connectivity index (χ3n) is 2.95. The number of halogens is 1. The van der Waals surface area contributed by atoms with Crippen molar-refractivity contribution in [3.63, 3.8) is 0 Å². The predicted octanol–water partition coefficient (Wildman–Crippen LogP) is 2.98. The summed E-state index contributed by atoms with van der Waals surface area (Å²) in [4.78, 5) is 6.63. The molecule has 0 spiro atoms. The molecular weight excluding hydrogens is 302 g/mol. The predicted molar refractivity (Wildman–Crippen MR) is 83.2 cm³/mol. The first-order valence-electron chi connectivity index (χ1n) is 6.30. The van der Waals surface area contributed by atoms with Gasteiger partial charge >= 0.3 is 0 Å². The summed E-state index contributed by atoms with van der Waals surface area (Å²) in [5, 5.41) is 0. The molecule has 0 radical (unpaired) electrons. The molecule has 0 unspecified atom stereocenters. The minimum atomic E-state index is 0.642. The lowest BCUT2D eigenvalue weighted by Gasteiger charge is -2.21. The van der Waals surface area contributed by atoms with Gasteiger partial charge in [0.15, 0.2) is 0 Å². The fraction of sp³-hybridized carbons (Fsp3) is 0.267. The standard InChI is InChI=1S/C15H18BrN3/c1-19(11-12-4-2-6-14(16)10-12)15-13(7-8-17)5-3-9-18-15/h2-6,9-10H,7-8,11,17H2,1H3. The topological polar surface area (TPSA) is 42.2 Å². The van der Waals surface area contributed by atoms with E-state index in [0.29, 0.717) is 6.54 Å². The van der Waals surface area contributed by atoms with E-state index in [4.69, 9.17) is 5.73 Å². The highest BCUT2D eigenvalue weighted by atomic mass is 79.9. The van der Waals surface area contributed by atoms with E-state index in [1.54, 1.807) is 0 Å². The number of benzene rings is 1. The van der Waals surface area contributed by atoms with Gasteiger partial charge in [0.25, 0.3) is 0 Å².